The normalized spacial score (nSPS) is 17.0. The van der Waals surface area contributed by atoms with Crippen LogP contribution in [0, 0.1) is 17.6 Å². The number of nitrogens with zero attached hydrogens (tertiary/aromatic N) is 1. The number of anilines is 2. The molecule has 1 atom stereocenters. The van der Waals surface area contributed by atoms with Gasteiger partial charge in [0, 0.05) is 24.1 Å². The van der Waals surface area contributed by atoms with Crippen LogP contribution >= 0.6 is 23.2 Å². The van der Waals surface area contributed by atoms with E-state index in [4.69, 9.17) is 23.2 Å². The zero-order valence-electron chi connectivity index (χ0n) is 12.7. The summed E-state index contributed by atoms with van der Waals surface area (Å²) in [6.45, 7) is -0.00156. The fraction of sp³-hybridized carbons (Fsp3) is 0.176. The molecule has 1 saturated heterocycles. The van der Waals surface area contributed by atoms with Crippen LogP contribution < -0.4 is 10.2 Å². The fourth-order valence-electron chi connectivity index (χ4n) is 2.64. The summed E-state index contributed by atoms with van der Waals surface area (Å²) < 4.78 is 26.9. The molecule has 1 aliphatic rings. The summed E-state index contributed by atoms with van der Waals surface area (Å²) in [7, 11) is 0. The smallest absolute Gasteiger partial charge is 0.229 e. The lowest BCUT2D eigenvalue weighted by molar-refractivity contribution is -0.122. The van der Waals surface area contributed by atoms with Crippen molar-refractivity contribution >= 4 is 46.4 Å². The molecule has 1 N–H and O–H groups in total. The molecule has 1 aliphatic heterocycles. The van der Waals surface area contributed by atoms with Crippen molar-refractivity contribution in [2.24, 2.45) is 5.92 Å². The van der Waals surface area contributed by atoms with Gasteiger partial charge in [-0.3, -0.25) is 9.59 Å². The third-order valence-electron chi connectivity index (χ3n) is 3.89. The van der Waals surface area contributed by atoms with Crippen LogP contribution in [0.25, 0.3) is 0 Å². The van der Waals surface area contributed by atoms with Crippen molar-refractivity contribution in [2.45, 2.75) is 6.42 Å². The van der Waals surface area contributed by atoms with Crippen molar-refractivity contribution in [2.75, 3.05) is 16.8 Å². The molecule has 25 heavy (non-hydrogen) atoms. The van der Waals surface area contributed by atoms with Crippen LogP contribution in [-0.2, 0) is 9.59 Å². The highest BCUT2D eigenvalue weighted by Gasteiger charge is 2.36. The number of nitrogens with one attached hydrogen (secondary N) is 1. The second-order valence-corrected chi connectivity index (χ2v) is 6.46. The van der Waals surface area contributed by atoms with E-state index >= 15 is 0 Å². The molecule has 0 saturated carbocycles. The number of rotatable bonds is 3. The first-order valence-electron chi connectivity index (χ1n) is 7.36. The van der Waals surface area contributed by atoms with E-state index in [-0.39, 0.29) is 23.7 Å². The van der Waals surface area contributed by atoms with Crippen molar-refractivity contribution in [3.05, 3.63) is 58.1 Å². The number of halogens is 4. The number of carbonyl (C=O) groups excluding carboxylic acids is 2. The van der Waals surface area contributed by atoms with E-state index in [0.29, 0.717) is 16.8 Å². The van der Waals surface area contributed by atoms with E-state index in [9.17, 15) is 18.4 Å². The largest absolute Gasteiger partial charge is 0.324 e. The van der Waals surface area contributed by atoms with Gasteiger partial charge in [-0.05, 0) is 30.3 Å². The Balaban J connectivity index is 1.74. The lowest BCUT2D eigenvalue weighted by Gasteiger charge is -2.17. The zero-order chi connectivity index (χ0) is 18.1. The summed E-state index contributed by atoms with van der Waals surface area (Å²) in [5.74, 6) is -3.09. The Morgan fingerprint density at radius 1 is 1.16 bits per heavy atom. The maximum absolute atomic E-state index is 13.9. The molecular formula is C17H12Cl2F2N2O2. The summed E-state index contributed by atoms with van der Waals surface area (Å²) in [6, 6.07) is 7.55. The van der Waals surface area contributed by atoms with Gasteiger partial charge in [0.2, 0.25) is 11.8 Å². The molecule has 2 aromatic rings. The second-order valence-electron chi connectivity index (χ2n) is 5.61. The molecule has 0 bridgehead atoms. The summed E-state index contributed by atoms with van der Waals surface area (Å²) in [5, 5.41) is 3.33. The SMILES string of the molecule is O=C(Nc1ccc(Cl)cc1Cl)C1CC(=O)N(c2ccc(F)cc2F)C1. The molecule has 3 rings (SSSR count). The van der Waals surface area contributed by atoms with Gasteiger partial charge in [0.05, 0.1) is 22.3 Å². The second kappa shape index (κ2) is 6.98. The van der Waals surface area contributed by atoms with Gasteiger partial charge in [0.15, 0.2) is 0 Å². The first kappa shape index (κ1) is 17.6. The topological polar surface area (TPSA) is 49.4 Å². The average Bonchev–Trinajstić information content (AvgIpc) is 2.92. The molecule has 0 spiro atoms. The number of benzene rings is 2. The van der Waals surface area contributed by atoms with Crippen molar-refractivity contribution < 1.29 is 18.4 Å². The molecule has 8 heteroatoms. The van der Waals surface area contributed by atoms with Gasteiger partial charge in [0.1, 0.15) is 11.6 Å². The lowest BCUT2D eigenvalue weighted by Crippen LogP contribution is -2.28. The van der Waals surface area contributed by atoms with Gasteiger partial charge in [0.25, 0.3) is 0 Å². The number of hydrogen-bond donors (Lipinski definition) is 1. The highest BCUT2D eigenvalue weighted by molar-refractivity contribution is 6.36. The summed E-state index contributed by atoms with van der Waals surface area (Å²) in [6.07, 6.45) is -0.0755. The third-order valence-corrected chi connectivity index (χ3v) is 4.43. The van der Waals surface area contributed by atoms with E-state index in [0.717, 1.165) is 11.0 Å². The van der Waals surface area contributed by atoms with Crippen molar-refractivity contribution in [1.82, 2.24) is 0 Å². The molecule has 0 aliphatic carbocycles. The molecule has 2 aromatic carbocycles. The van der Waals surface area contributed by atoms with Gasteiger partial charge in [-0.15, -0.1) is 0 Å². The van der Waals surface area contributed by atoms with Crippen molar-refractivity contribution in [3.63, 3.8) is 0 Å². The Hall–Kier alpha value is -2.18. The van der Waals surface area contributed by atoms with Gasteiger partial charge in [-0.25, -0.2) is 8.78 Å². The quantitative estimate of drug-likeness (QED) is 0.858. The van der Waals surface area contributed by atoms with Crippen LogP contribution in [0.4, 0.5) is 20.2 Å². The van der Waals surface area contributed by atoms with Crippen LogP contribution in [0.1, 0.15) is 6.42 Å². The van der Waals surface area contributed by atoms with E-state index in [2.05, 4.69) is 5.32 Å². The Bertz CT molecular complexity index is 861. The minimum Gasteiger partial charge on any atom is -0.324 e. The molecule has 4 nitrogen and oxygen atoms in total. The Kier molecular flexibility index (Phi) is 4.92. The Morgan fingerprint density at radius 3 is 2.60 bits per heavy atom. The Labute approximate surface area is 152 Å². The van der Waals surface area contributed by atoms with Gasteiger partial charge < -0.3 is 10.2 Å². The molecule has 1 unspecified atom stereocenters. The zero-order valence-corrected chi connectivity index (χ0v) is 14.2. The van der Waals surface area contributed by atoms with Crippen LogP contribution in [0.5, 0.6) is 0 Å². The minimum atomic E-state index is -0.852. The molecule has 0 aromatic heterocycles. The van der Waals surface area contributed by atoms with Gasteiger partial charge >= 0.3 is 0 Å². The summed E-state index contributed by atoms with van der Waals surface area (Å²) in [4.78, 5) is 25.7. The van der Waals surface area contributed by atoms with Crippen LogP contribution in [0.15, 0.2) is 36.4 Å². The predicted molar refractivity (Wildman–Crippen MR) is 91.9 cm³/mol. The van der Waals surface area contributed by atoms with Gasteiger partial charge in [-0.2, -0.15) is 0 Å². The monoisotopic (exact) mass is 384 g/mol. The lowest BCUT2D eigenvalue weighted by atomic mass is 10.1. The predicted octanol–water partition coefficient (Wildman–Crippen LogP) is 4.26. The maximum atomic E-state index is 13.9. The number of hydrogen-bond acceptors (Lipinski definition) is 2. The first-order valence-corrected chi connectivity index (χ1v) is 8.12. The number of carbonyl (C=O) groups is 2. The molecule has 0 radical (unpaired) electrons. The summed E-state index contributed by atoms with van der Waals surface area (Å²) >= 11 is 11.8. The van der Waals surface area contributed by atoms with Crippen molar-refractivity contribution in [1.29, 1.82) is 0 Å². The van der Waals surface area contributed by atoms with E-state index in [1.807, 2.05) is 0 Å². The van der Waals surface area contributed by atoms with Crippen LogP contribution in [0.3, 0.4) is 0 Å². The molecule has 2 amide bonds. The van der Waals surface area contributed by atoms with Crippen LogP contribution in [-0.4, -0.2) is 18.4 Å². The molecule has 1 fully saturated rings. The van der Waals surface area contributed by atoms with Crippen molar-refractivity contribution in [3.8, 4) is 0 Å². The average molecular weight is 385 g/mol. The maximum Gasteiger partial charge on any atom is 0.229 e. The molecular weight excluding hydrogens is 373 g/mol. The first-order chi connectivity index (χ1) is 11.8. The fourth-order valence-corrected chi connectivity index (χ4v) is 3.10. The third kappa shape index (κ3) is 3.75. The number of amides is 2. The molecule has 1 heterocycles. The highest BCUT2D eigenvalue weighted by Crippen LogP contribution is 2.30. The minimum absolute atomic E-state index is 0.00156. The van der Waals surface area contributed by atoms with E-state index in [1.165, 1.54) is 12.1 Å². The highest BCUT2D eigenvalue weighted by atomic mass is 35.5. The molecule has 130 valence electrons. The van der Waals surface area contributed by atoms with Crippen LogP contribution in [0.2, 0.25) is 10.0 Å². The van der Waals surface area contributed by atoms with E-state index in [1.54, 1.807) is 12.1 Å². The standard InChI is InChI=1S/C17H12Cl2F2N2O2/c18-10-1-3-14(12(19)6-10)22-17(25)9-5-16(24)23(8-9)15-4-2-11(20)7-13(15)21/h1-4,6-7,9H,5,8H2,(H,22,25). The van der Waals surface area contributed by atoms with Gasteiger partial charge in [-0.1, -0.05) is 23.2 Å². The van der Waals surface area contributed by atoms with E-state index < -0.39 is 29.4 Å². The summed E-state index contributed by atoms with van der Waals surface area (Å²) in [5.41, 5.74) is 0.321. The Morgan fingerprint density at radius 2 is 1.92 bits per heavy atom.